The first-order valence-corrected chi connectivity index (χ1v) is 11.2. The summed E-state index contributed by atoms with van der Waals surface area (Å²) < 4.78 is 7.30. The minimum atomic E-state index is -1.40. The van der Waals surface area contributed by atoms with Crippen LogP contribution in [0.3, 0.4) is 0 Å². The summed E-state index contributed by atoms with van der Waals surface area (Å²) in [6, 6.07) is 18.5. The number of amides is 1. The van der Waals surface area contributed by atoms with Gasteiger partial charge in [0.2, 0.25) is 0 Å². The van der Waals surface area contributed by atoms with Crippen molar-refractivity contribution in [2.75, 3.05) is 5.32 Å². The zero-order valence-corrected chi connectivity index (χ0v) is 19.0. The van der Waals surface area contributed by atoms with E-state index in [0.29, 0.717) is 27.9 Å². The fourth-order valence-electron chi connectivity index (χ4n) is 4.50. The summed E-state index contributed by atoms with van der Waals surface area (Å²) in [6.45, 7) is 0. The molecule has 6 rings (SSSR count). The Labute approximate surface area is 196 Å². The second-order valence-electron chi connectivity index (χ2n) is 7.69. The Bertz CT molecular complexity index is 1290. The standard InChI is InChI=1S/C23H14BrCl2N3O2/c24-13-3-7-18-17(9-13)23(22(30)27-18)29-20(16-10-15(26)6-8-21(16)31-23)11-19(28-29)12-1-4-14(25)5-2-12/h1-10,20H,11H2,(H,27,30)/t20-,23-/m0/s1. The molecule has 154 valence electrons. The molecule has 0 aliphatic carbocycles. The number of hydrogen-bond acceptors (Lipinski definition) is 4. The van der Waals surface area contributed by atoms with E-state index >= 15 is 0 Å². The van der Waals surface area contributed by atoms with Crippen molar-refractivity contribution < 1.29 is 9.53 Å². The molecule has 0 aromatic heterocycles. The molecule has 0 saturated carbocycles. The van der Waals surface area contributed by atoms with Gasteiger partial charge in [-0.05, 0) is 54.1 Å². The second kappa shape index (κ2) is 6.73. The number of nitrogens with one attached hydrogen (secondary N) is 1. The van der Waals surface area contributed by atoms with Crippen LogP contribution >= 0.6 is 39.1 Å². The minimum absolute atomic E-state index is 0.205. The van der Waals surface area contributed by atoms with Crippen LogP contribution in [0.4, 0.5) is 5.69 Å². The topological polar surface area (TPSA) is 53.9 Å². The van der Waals surface area contributed by atoms with Gasteiger partial charge in [0.25, 0.3) is 5.91 Å². The highest BCUT2D eigenvalue weighted by Gasteiger charge is 2.61. The van der Waals surface area contributed by atoms with Gasteiger partial charge < -0.3 is 10.1 Å². The van der Waals surface area contributed by atoms with Crippen LogP contribution in [0.25, 0.3) is 0 Å². The van der Waals surface area contributed by atoms with Gasteiger partial charge in [0.05, 0.1) is 23.0 Å². The summed E-state index contributed by atoms with van der Waals surface area (Å²) in [5.41, 5.74) is 2.73. The second-order valence-corrected chi connectivity index (χ2v) is 9.48. The molecule has 31 heavy (non-hydrogen) atoms. The molecule has 0 unspecified atom stereocenters. The molecule has 1 spiro atoms. The van der Waals surface area contributed by atoms with Crippen molar-refractivity contribution in [3.05, 3.63) is 91.9 Å². The SMILES string of the molecule is O=C1Nc2ccc(Br)cc2[C@]12Oc1ccc(Cl)cc1[C@@H]1CC(c3ccc(Cl)cc3)=NN12. The molecule has 3 aliphatic heterocycles. The lowest BCUT2D eigenvalue weighted by atomic mass is 9.92. The van der Waals surface area contributed by atoms with Gasteiger partial charge in [-0.2, -0.15) is 5.10 Å². The maximum absolute atomic E-state index is 13.4. The third-order valence-electron chi connectivity index (χ3n) is 5.90. The zero-order valence-electron chi connectivity index (χ0n) is 15.9. The van der Waals surface area contributed by atoms with E-state index in [9.17, 15) is 4.79 Å². The van der Waals surface area contributed by atoms with Crippen molar-refractivity contribution in [3.8, 4) is 5.75 Å². The van der Waals surface area contributed by atoms with Gasteiger partial charge in [0, 0.05) is 26.5 Å². The average Bonchev–Trinajstić information content (AvgIpc) is 3.31. The van der Waals surface area contributed by atoms with Gasteiger partial charge >= 0.3 is 5.72 Å². The number of carbonyl (C=O) groups is 1. The third-order valence-corrected chi connectivity index (χ3v) is 6.88. The molecule has 5 nitrogen and oxygen atoms in total. The number of benzene rings is 3. The van der Waals surface area contributed by atoms with E-state index < -0.39 is 5.72 Å². The van der Waals surface area contributed by atoms with Crippen molar-refractivity contribution in [2.24, 2.45) is 5.10 Å². The Balaban J connectivity index is 1.58. The highest BCUT2D eigenvalue weighted by molar-refractivity contribution is 9.10. The van der Waals surface area contributed by atoms with E-state index in [1.165, 1.54) is 0 Å². The molecule has 0 radical (unpaired) electrons. The van der Waals surface area contributed by atoms with Crippen LogP contribution in [0.1, 0.15) is 29.2 Å². The summed E-state index contributed by atoms with van der Waals surface area (Å²) in [7, 11) is 0. The van der Waals surface area contributed by atoms with Gasteiger partial charge in [-0.1, -0.05) is 51.3 Å². The molecule has 3 aliphatic rings. The minimum Gasteiger partial charge on any atom is -0.453 e. The van der Waals surface area contributed by atoms with Gasteiger partial charge in [-0.3, -0.25) is 4.79 Å². The van der Waals surface area contributed by atoms with E-state index in [4.69, 9.17) is 33.0 Å². The van der Waals surface area contributed by atoms with Crippen molar-refractivity contribution in [3.63, 3.8) is 0 Å². The summed E-state index contributed by atoms with van der Waals surface area (Å²) in [5, 5.41) is 10.9. The highest BCUT2D eigenvalue weighted by Crippen LogP contribution is 2.54. The first-order valence-electron chi connectivity index (χ1n) is 9.68. The maximum Gasteiger partial charge on any atom is 0.306 e. The van der Waals surface area contributed by atoms with Crippen molar-refractivity contribution >= 4 is 56.4 Å². The summed E-state index contributed by atoms with van der Waals surface area (Å²) >= 11 is 15.9. The van der Waals surface area contributed by atoms with Crippen molar-refractivity contribution in [1.82, 2.24) is 5.01 Å². The van der Waals surface area contributed by atoms with Crippen LogP contribution < -0.4 is 10.1 Å². The number of ether oxygens (including phenoxy) is 1. The molecule has 3 heterocycles. The summed E-state index contributed by atoms with van der Waals surface area (Å²) in [4.78, 5) is 13.4. The van der Waals surface area contributed by atoms with Crippen LogP contribution in [-0.2, 0) is 10.5 Å². The van der Waals surface area contributed by atoms with E-state index in [0.717, 1.165) is 26.9 Å². The molecule has 2 atom stereocenters. The normalized spacial score (nSPS) is 23.1. The van der Waals surface area contributed by atoms with Crippen LogP contribution in [-0.4, -0.2) is 16.6 Å². The van der Waals surface area contributed by atoms with E-state index in [2.05, 4.69) is 21.2 Å². The lowest BCUT2D eigenvalue weighted by Crippen LogP contribution is -2.55. The average molecular weight is 515 g/mol. The van der Waals surface area contributed by atoms with Crippen molar-refractivity contribution in [1.29, 1.82) is 0 Å². The lowest BCUT2D eigenvalue weighted by molar-refractivity contribution is -0.161. The molecule has 3 aromatic rings. The van der Waals surface area contributed by atoms with E-state index in [1.807, 2.05) is 54.6 Å². The fourth-order valence-corrected chi connectivity index (χ4v) is 5.17. The van der Waals surface area contributed by atoms with E-state index in [1.54, 1.807) is 11.1 Å². The Kier molecular flexibility index (Phi) is 4.16. The number of hydrazone groups is 1. The summed E-state index contributed by atoms with van der Waals surface area (Å²) in [5.74, 6) is 0.355. The molecule has 0 fully saturated rings. The number of fused-ring (bicyclic) bond motifs is 6. The summed E-state index contributed by atoms with van der Waals surface area (Å²) in [6.07, 6.45) is 0.608. The van der Waals surface area contributed by atoms with Crippen molar-refractivity contribution in [2.45, 2.75) is 18.2 Å². The number of halogens is 3. The Hall–Kier alpha value is -2.54. The van der Waals surface area contributed by atoms with Crippen LogP contribution in [0.2, 0.25) is 10.0 Å². The Morgan fingerprint density at radius 2 is 1.84 bits per heavy atom. The Morgan fingerprint density at radius 3 is 2.65 bits per heavy atom. The van der Waals surface area contributed by atoms with Crippen LogP contribution in [0, 0.1) is 0 Å². The molecule has 1 amide bonds. The molecule has 8 heteroatoms. The monoisotopic (exact) mass is 513 g/mol. The van der Waals surface area contributed by atoms with Gasteiger partial charge in [0.1, 0.15) is 5.75 Å². The van der Waals surface area contributed by atoms with Gasteiger partial charge in [-0.25, -0.2) is 5.01 Å². The van der Waals surface area contributed by atoms with Gasteiger partial charge in [0.15, 0.2) is 0 Å². The maximum atomic E-state index is 13.4. The van der Waals surface area contributed by atoms with Crippen LogP contribution in [0.5, 0.6) is 5.75 Å². The first kappa shape index (κ1) is 19.2. The lowest BCUT2D eigenvalue weighted by Gasteiger charge is -2.44. The predicted molar refractivity (Wildman–Crippen MR) is 124 cm³/mol. The molecular formula is C23H14BrCl2N3O2. The predicted octanol–water partition coefficient (Wildman–Crippen LogP) is 6.10. The Morgan fingerprint density at radius 1 is 1.06 bits per heavy atom. The number of carbonyl (C=O) groups excluding carboxylic acids is 1. The first-order chi connectivity index (χ1) is 15.0. The molecule has 3 aromatic carbocycles. The zero-order chi connectivity index (χ0) is 21.3. The highest BCUT2D eigenvalue weighted by atomic mass is 79.9. The largest absolute Gasteiger partial charge is 0.453 e. The number of rotatable bonds is 1. The smallest absolute Gasteiger partial charge is 0.306 e. The molecule has 1 N–H and O–H groups in total. The number of anilines is 1. The molecule has 0 saturated heterocycles. The molecule has 0 bridgehead atoms. The van der Waals surface area contributed by atoms with Gasteiger partial charge in [-0.15, -0.1) is 0 Å². The fraction of sp³-hybridized carbons (Fsp3) is 0.130. The number of hydrogen-bond donors (Lipinski definition) is 1. The van der Waals surface area contributed by atoms with E-state index in [-0.39, 0.29) is 11.9 Å². The number of nitrogens with zero attached hydrogens (tertiary/aromatic N) is 2. The molecular weight excluding hydrogens is 501 g/mol. The quantitative estimate of drug-likeness (QED) is 0.426. The third kappa shape index (κ3) is 2.75. The van der Waals surface area contributed by atoms with Crippen LogP contribution in [0.15, 0.2) is 70.2 Å².